The molecule has 0 saturated carbocycles. The van der Waals surface area contributed by atoms with Crippen LogP contribution in [0.25, 0.3) is 219 Å². The second-order valence-electron chi connectivity index (χ2n) is 37.5. The van der Waals surface area contributed by atoms with Crippen LogP contribution in [0.3, 0.4) is 0 Å². The van der Waals surface area contributed by atoms with Crippen LogP contribution in [0.15, 0.2) is 432 Å². The predicted octanol–water partition coefficient (Wildman–Crippen LogP) is 29.5. The van der Waals surface area contributed by atoms with E-state index in [9.17, 15) is 0 Å². The van der Waals surface area contributed by atoms with Gasteiger partial charge in [0, 0.05) is 148 Å². The summed E-state index contributed by atoms with van der Waals surface area (Å²) < 4.78 is 6.77. The molecule has 0 unspecified atom stereocenters. The Bertz CT molecular complexity index is 8540. The van der Waals surface area contributed by atoms with Crippen LogP contribution in [-0.2, 0) is 16.2 Å². The first kappa shape index (κ1) is 83.7. The lowest BCUT2D eigenvalue weighted by Gasteiger charge is -2.24. The number of pyridine rings is 3. The molecule has 0 aliphatic heterocycles. The highest BCUT2D eigenvalue weighted by atomic mass is 15.1. The normalized spacial score (nSPS) is 13.1. The zero-order valence-electron chi connectivity index (χ0n) is 77.7. The lowest BCUT2D eigenvalue weighted by Crippen LogP contribution is -2.17. The first-order valence-electron chi connectivity index (χ1n) is 47.4. The van der Waals surface area contributed by atoms with Gasteiger partial charge in [0.15, 0.2) is 52.4 Å². The van der Waals surface area contributed by atoms with Crippen LogP contribution >= 0.6 is 0 Å². The molecule has 140 heavy (non-hydrogen) atoms. The van der Waals surface area contributed by atoms with Gasteiger partial charge in [0.2, 0.25) is 0 Å². The molecular weight excluding hydrogens is 1710 g/mol. The summed E-state index contributed by atoms with van der Waals surface area (Å²) >= 11 is 0. The van der Waals surface area contributed by atoms with E-state index in [0.717, 1.165) is 116 Å². The Morgan fingerprint density at radius 3 is 0.829 bits per heavy atom. The number of para-hydroxylation sites is 2. The van der Waals surface area contributed by atoms with Crippen LogP contribution in [-0.4, -0.2) is 73.5 Å². The van der Waals surface area contributed by atoms with E-state index in [2.05, 4.69) is 386 Å². The molecule has 3 aliphatic carbocycles. The second-order valence-corrected chi connectivity index (χ2v) is 37.5. The number of nitrogens with zero attached hydrogens (tertiary/aromatic N) is 15. The van der Waals surface area contributed by atoms with Crippen LogP contribution in [0, 0.1) is 0 Å². The average molecular weight is 1800 g/mol. The third-order valence-electron chi connectivity index (χ3n) is 28.3. The summed E-state index contributed by atoms with van der Waals surface area (Å²) in [6.45, 7) is 13.8. The van der Waals surface area contributed by atoms with Crippen molar-refractivity contribution in [1.29, 1.82) is 0 Å². The van der Waals surface area contributed by atoms with Gasteiger partial charge >= 0.3 is 0 Å². The minimum atomic E-state index is -0.197. The van der Waals surface area contributed by atoms with Gasteiger partial charge in [-0.3, -0.25) is 15.0 Å². The largest absolute Gasteiger partial charge is 0.317 e. The fourth-order valence-electron chi connectivity index (χ4n) is 21.7. The Balaban J connectivity index is 0.000000111. The number of rotatable bonds is 13. The van der Waals surface area contributed by atoms with Crippen molar-refractivity contribution < 1.29 is 0 Å². The third kappa shape index (κ3) is 14.3. The van der Waals surface area contributed by atoms with Crippen molar-refractivity contribution in [1.82, 2.24) is 73.5 Å². The summed E-state index contributed by atoms with van der Waals surface area (Å²) in [5, 5.41) is 5.70. The van der Waals surface area contributed by atoms with Crippen molar-refractivity contribution in [2.24, 2.45) is 0 Å². The fourth-order valence-corrected chi connectivity index (χ4v) is 21.7. The molecule has 0 bridgehead atoms. The van der Waals surface area contributed by atoms with Crippen LogP contribution in [0.4, 0.5) is 0 Å². The number of hydrogen-bond donors (Lipinski definition) is 0. The number of benzene rings is 15. The molecule has 3 aliphatic rings. The van der Waals surface area contributed by atoms with E-state index in [4.69, 9.17) is 44.9 Å². The summed E-state index contributed by atoms with van der Waals surface area (Å²) in [7, 11) is 0. The van der Waals surface area contributed by atoms with Crippen LogP contribution in [0.5, 0.6) is 0 Å². The molecule has 15 nitrogen and oxygen atoms in total. The van der Waals surface area contributed by atoms with Gasteiger partial charge in [-0.1, -0.05) is 333 Å². The first-order valence-corrected chi connectivity index (χ1v) is 47.4. The fraction of sp³-hybridized carbons (Fsp3) is 0.0720. The molecule has 664 valence electrons. The lowest BCUT2D eigenvalue weighted by molar-refractivity contribution is 0.661. The Labute approximate surface area is 809 Å². The first-order chi connectivity index (χ1) is 68.7. The van der Waals surface area contributed by atoms with E-state index < -0.39 is 0 Å². The molecule has 0 atom stereocenters. The summed E-state index contributed by atoms with van der Waals surface area (Å²) in [5.74, 6) is 5.96. The van der Waals surface area contributed by atoms with Crippen molar-refractivity contribution in [3.05, 3.63) is 465 Å². The highest BCUT2D eigenvalue weighted by molar-refractivity contribution is 6.10. The van der Waals surface area contributed by atoms with Crippen molar-refractivity contribution >= 4 is 54.5 Å². The Kier molecular flexibility index (Phi) is 20.2. The highest BCUT2D eigenvalue weighted by Gasteiger charge is 2.42. The van der Waals surface area contributed by atoms with E-state index in [0.29, 0.717) is 52.4 Å². The third-order valence-corrected chi connectivity index (χ3v) is 28.3. The smallest absolute Gasteiger partial charge is 0.164 e. The van der Waals surface area contributed by atoms with E-state index in [-0.39, 0.29) is 16.2 Å². The molecule has 9 heterocycles. The maximum atomic E-state index is 5.16. The van der Waals surface area contributed by atoms with E-state index in [1.807, 2.05) is 116 Å². The van der Waals surface area contributed by atoms with Crippen molar-refractivity contribution in [2.45, 2.75) is 57.8 Å². The minimum absolute atomic E-state index is 0.187. The Morgan fingerprint density at radius 1 is 0.186 bits per heavy atom. The molecule has 15 aromatic carbocycles. The molecule has 0 spiro atoms. The monoisotopic (exact) mass is 1800 g/mol. The lowest BCUT2D eigenvalue weighted by atomic mass is 9.80. The standard InChI is InChI=1S/C44H32N4.C41H29N5.C40H28N6/c1-44(2)38-17-8-7-14-35(38)36-15-10-16-37(40(36)44)43-46-41(32-12-4-3-5-13-32)45-42(47-43)33-21-19-29(20-22-33)30-23-25-34(26-24-30)48-28-27-31-11-6-9-18-39(31)48;1-41(2)34-17-8-6-13-29(34)31-15-10-16-32(37(31)41)40-44-38(26-11-4-3-5-12-26)43-39(45-40)27-19-21-28(22-20-27)46-35-18-9-7-14-30(35)33-25-42-24-23-36(33)46;1-40(2)33-14-7-6-11-28(33)29-12-8-13-30(36(29)40)39-44-37(25-9-4-3-5-10-25)43-38(45-39)26-15-17-27(18-16-26)46-34-19-21-41-23-31(34)32-24-42-22-20-35(32)46/h3-28H,1-2H3;3-25H,1-2H3;3-24H,1-2H3. The van der Waals surface area contributed by atoms with Gasteiger partial charge in [-0.05, 0) is 180 Å². The number of fused-ring (bicyclic) bond motifs is 16. The highest BCUT2D eigenvalue weighted by Crippen LogP contribution is 2.56. The van der Waals surface area contributed by atoms with Crippen molar-refractivity contribution in [2.75, 3.05) is 0 Å². The minimum Gasteiger partial charge on any atom is -0.317 e. The Hall–Kier alpha value is -18.1. The van der Waals surface area contributed by atoms with Crippen LogP contribution in [0.1, 0.15) is 74.9 Å². The zero-order valence-corrected chi connectivity index (χ0v) is 77.7. The molecule has 24 aromatic rings. The van der Waals surface area contributed by atoms with Gasteiger partial charge < -0.3 is 13.7 Å². The average Bonchev–Trinajstić information content (AvgIpc) is 1.50. The maximum absolute atomic E-state index is 5.16. The topological polar surface area (TPSA) is 169 Å². The molecule has 0 amide bonds. The molecule has 0 radical (unpaired) electrons. The van der Waals surface area contributed by atoms with E-state index in [1.54, 1.807) is 0 Å². The summed E-state index contributed by atoms with van der Waals surface area (Å²) in [4.78, 5) is 58.9. The van der Waals surface area contributed by atoms with E-state index >= 15 is 0 Å². The van der Waals surface area contributed by atoms with Crippen LogP contribution in [0.2, 0.25) is 0 Å². The molecule has 0 N–H and O–H groups in total. The van der Waals surface area contributed by atoms with Gasteiger partial charge in [0.25, 0.3) is 0 Å². The summed E-state index contributed by atoms with van der Waals surface area (Å²) in [6.07, 6.45) is 13.4. The molecule has 15 heteroatoms. The quantitative estimate of drug-likeness (QED) is 0.107. The van der Waals surface area contributed by atoms with Crippen LogP contribution < -0.4 is 0 Å². The number of hydrogen-bond acceptors (Lipinski definition) is 12. The molecule has 0 saturated heterocycles. The summed E-state index contributed by atoms with van der Waals surface area (Å²) in [5.41, 5.74) is 34.7. The van der Waals surface area contributed by atoms with Crippen molar-refractivity contribution in [3.63, 3.8) is 0 Å². The predicted molar refractivity (Wildman–Crippen MR) is 565 cm³/mol. The summed E-state index contributed by atoms with van der Waals surface area (Å²) in [6, 6.07) is 136. The van der Waals surface area contributed by atoms with E-state index in [1.165, 1.54) is 83.1 Å². The zero-order chi connectivity index (χ0) is 93.9. The second kappa shape index (κ2) is 33.8. The van der Waals surface area contributed by atoms with Gasteiger partial charge in [-0.15, -0.1) is 0 Å². The SMILES string of the molecule is CC1(C)c2ccccc2-c2cccc(-c3nc(-c4ccccc4)nc(-c4ccc(-c5ccc(-n6ccc7ccccc76)cc5)cc4)n3)c21.CC1(C)c2ccccc2-c2cccc(-c3nc(-c4ccccc4)nc(-c4ccc(-n5c6ccccc6c6cnccc65)cc4)n3)c21.CC1(C)c2ccccc2-c2cccc(-c3nc(-c4ccccc4)nc(-c4ccc(-n5c6ccncc6c6cnccc65)cc4)n3)c21. The van der Waals surface area contributed by atoms with Gasteiger partial charge in [0.1, 0.15) is 0 Å². The molecule has 27 rings (SSSR count). The molecular formula is C125H89N15. The molecule has 9 aromatic heterocycles. The maximum Gasteiger partial charge on any atom is 0.164 e. The van der Waals surface area contributed by atoms with Crippen molar-refractivity contribution in [3.8, 4) is 164 Å². The van der Waals surface area contributed by atoms with Gasteiger partial charge in [-0.2, -0.15) is 0 Å². The Morgan fingerprint density at radius 2 is 0.450 bits per heavy atom. The van der Waals surface area contributed by atoms with Gasteiger partial charge in [-0.25, -0.2) is 44.9 Å². The van der Waals surface area contributed by atoms with Gasteiger partial charge in [0.05, 0.1) is 27.6 Å². The number of aromatic nitrogens is 15. The molecule has 0 fully saturated rings.